The lowest BCUT2D eigenvalue weighted by Crippen LogP contribution is -2.43. The summed E-state index contributed by atoms with van der Waals surface area (Å²) in [4.78, 5) is 12.5. The fourth-order valence-electron chi connectivity index (χ4n) is 4.71. The summed E-state index contributed by atoms with van der Waals surface area (Å²) in [5.74, 6) is -9.31. The molecule has 1 saturated heterocycles. The number of hydrogen-bond acceptors (Lipinski definition) is 7. The first-order chi connectivity index (χ1) is 18.8. The molecule has 9 nitrogen and oxygen atoms in total. The number of aromatic nitrogens is 6. The Balaban J connectivity index is 1.38. The van der Waals surface area contributed by atoms with Crippen LogP contribution in [0.5, 0.6) is 11.5 Å². The Morgan fingerprint density at radius 2 is 1.77 bits per heavy atom. The highest BCUT2D eigenvalue weighted by molar-refractivity contribution is 5.98. The Hall–Kier alpha value is -4.75. The fraction of sp³-hybridized carbons (Fsp3) is 0.200. The molecule has 6 rings (SSSR count). The third-order valence-electron chi connectivity index (χ3n) is 6.54. The van der Waals surface area contributed by atoms with Crippen LogP contribution >= 0.6 is 0 Å². The van der Waals surface area contributed by atoms with Crippen molar-refractivity contribution in [3.8, 4) is 22.8 Å². The summed E-state index contributed by atoms with van der Waals surface area (Å²) < 4.78 is 79.1. The predicted molar refractivity (Wildman–Crippen MR) is 130 cm³/mol. The summed E-state index contributed by atoms with van der Waals surface area (Å²) in [5.41, 5.74) is 6.71. The summed E-state index contributed by atoms with van der Waals surface area (Å²) in [6.45, 7) is 1.38. The van der Waals surface area contributed by atoms with E-state index in [0.717, 1.165) is 25.5 Å². The van der Waals surface area contributed by atoms with Crippen LogP contribution in [0.2, 0.25) is 0 Å². The lowest BCUT2D eigenvalue weighted by atomic mass is 10.1. The monoisotopic (exact) mass is 542 g/mol. The third kappa shape index (κ3) is 4.27. The molecule has 1 fully saturated rings. The molecule has 4 heterocycles. The van der Waals surface area contributed by atoms with Gasteiger partial charge in [0.2, 0.25) is 17.4 Å². The van der Waals surface area contributed by atoms with Crippen LogP contribution < -0.4 is 15.5 Å². The van der Waals surface area contributed by atoms with Gasteiger partial charge in [0.15, 0.2) is 17.3 Å². The highest BCUT2D eigenvalue weighted by atomic mass is 19.2. The van der Waals surface area contributed by atoms with Gasteiger partial charge in [-0.3, -0.25) is 4.68 Å². The number of benzene rings is 2. The molecule has 0 amide bonds. The minimum Gasteiger partial charge on any atom is -0.451 e. The summed E-state index contributed by atoms with van der Waals surface area (Å²) in [7, 11) is 0. The Labute approximate surface area is 217 Å². The molecule has 2 aromatic carbocycles. The number of anilines is 1. The van der Waals surface area contributed by atoms with E-state index in [9.17, 15) is 17.6 Å². The van der Waals surface area contributed by atoms with Crippen molar-refractivity contribution in [3.63, 3.8) is 0 Å². The maximum Gasteiger partial charge on any atom is 0.204 e. The molecule has 14 heteroatoms. The molecule has 0 aliphatic carbocycles. The van der Waals surface area contributed by atoms with Crippen molar-refractivity contribution >= 4 is 16.9 Å². The number of piperidine rings is 1. The van der Waals surface area contributed by atoms with E-state index >= 15 is 4.39 Å². The van der Waals surface area contributed by atoms with Crippen LogP contribution in [0.25, 0.3) is 22.3 Å². The SMILES string of the molecule is Nc1ncnc2c1c(-c1ccc(Oc3c(F)c(F)cc(F)c3F)cc1F)nn2C1CCCN(n2ccnc2)C1. The number of ether oxygens (including phenoxy) is 1. The number of fused-ring (bicyclic) bond motifs is 1. The Morgan fingerprint density at radius 1 is 0.974 bits per heavy atom. The average Bonchev–Trinajstić information content (AvgIpc) is 3.60. The minimum absolute atomic E-state index is 0.0127. The van der Waals surface area contributed by atoms with Gasteiger partial charge < -0.3 is 15.5 Å². The zero-order chi connectivity index (χ0) is 27.3. The first kappa shape index (κ1) is 24.6. The molecule has 0 saturated carbocycles. The molecule has 0 spiro atoms. The van der Waals surface area contributed by atoms with E-state index in [1.807, 2.05) is 10.9 Å². The molecular weight excluding hydrogens is 523 g/mol. The molecule has 1 unspecified atom stereocenters. The normalized spacial score (nSPS) is 15.7. The van der Waals surface area contributed by atoms with Gasteiger partial charge in [-0.05, 0) is 25.0 Å². The molecule has 3 aromatic heterocycles. The van der Waals surface area contributed by atoms with Crippen LogP contribution in [0.3, 0.4) is 0 Å². The highest BCUT2D eigenvalue weighted by Gasteiger charge is 2.28. The van der Waals surface area contributed by atoms with Crippen molar-refractivity contribution in [1.29, 1.82) is 0 Å². The molecule has 1 atom stereocenters. The van der Waals surface area contributed by atoms with Crippen molar-refractivity contribution in [3.05, 3.63) is 78.4 Å². The summed E-state index contributed by atoms with van der Waals surface area (Å²) >= 11 is 0. The quantitative estimate of drug-likeness (QED) is 0.253. The Kier molecular flexibility index (Phi) is 6.00. The highest BCUT2D eigenvalue weighted by Crippen LogP contribution is 2.37. The number of nitrogens with zero attached hydrogens (tertiary/aromatic N) is 7. The second-order valence-corrected chi connectivity index (χ2v) is 8.94. The standard InChI is InChI=1S/C25H19F5N8O/c26-16-8-14(39-23-20(29)17(27)9-18(28)21(23)30)3-4-15(16)22-19-24(31)33-11-34-25(19)38(35-22)13-2-1-6-36(10-13)37-7-5-32-12-37/h3-5,7-9,11-13H,1-2,6,10H2,(H2,31,33,34). The second-order valence-electron chi connectivity index (χ2n) is 8.94. The second kappa shape index (κ2) is 9.53. The van der Waals surface area contributed by atoms with E-state index < -0.39 is 40.6 Å². The third-order valence-corrected chi connectivity index (χ3v) is 6.54. The lowest BCUT2D eigenvalue weighted by Gasteiger charge is -2.34. The van der Waals surface area contributed by atoms with Gasteiger partial charge in [-0.25, -0.2) is 32.8 Å². The lowest BCUT2D eigenvalue weighted by molar-refractivity contribution is 0.344. The van der Waals surface area contributed by atoms with E-state index in [2.05, 4.69) is 25.1 Å². The van der Waals surface area contributed by atoms with Crippen LogP contribution in [-0.4, -0.2) is 42.5 Å². The first-order valence-electron chi connectivity index (χ1n) is 11.8. The van der Waals surface area contributed by atoms with Gasteiger partial charge in [0.1, 0.15) is 35.7 Å². The number of nitrogens with two attached hydrogens (primary N) is 1. The van der Waals surface area contributed by atoms with E-state index in [-0.39, 0.29) is 29.2 Å². The molecule has 1 aliphatic rings. The van der Waals surface area contributed by atoms with Crippen LogP contribution in [0.15, 0.2) is 49.3 Å². The van der Waals surface area contributed by atoms with E-state index in [1.165, 1.54) is 18.5 Å². The number of nitrogen functional groups attached to an aromatic ring is 1. The zero-order valence-corrected chi connectivity index (χ0v) is 20.0. The maximum atomic E-state index is 15.4. The zero-order valence-electron chi connectivity index (χ0n) is 20.0. The van der Waals surface area contributed by atoms with Crippen molar-refractivity contribution in [2.24, 2.45) is 0 Å². The maximum absolute atomic E-state index is 15.4. The van der Waals surface area contributed by atoms with Crippen LogP contribution in [0.4, 0.5) is 27.8 Å². The average molecular weight is 542 g/mol. The summed E-state index contributed by atoms with van der Waals surface area (Å²) in [6, 6.07) is 3.19. The van der Waals surface area contributed by atoms with E-state index in [1.54, 1.807) is 17.2 Å². The molecule has 1 aliphatic heterocycles. The van der Waals surface area contributed by atoms with Gasteiger partial charge in [0.25, 0.3) is 0 Å². The van der Waals surface area contributed by atoms with E-state index in [0.29, 0.717) is 17.6 Å². The molecule has 5 aromatic rings. The molecule has 0 bridgehead atoms. The summed E-state index contributed by atoms with van der Waals surface area (Å²) in [6.07, 6.45) is 8.15. The van der Waals surface area contributed by atoms with Crippen molar-refractivity contribution in [2.75, 3.05) is 23.8 Å². The Morgan fingerprint density at radius 3 is 2.49 bits per heavy atom. The topological polar surface area (TPSA) is 99.9 Å². The smallest absolute Gasteiger partial charge is 0.204 e. The van der Waals surface area contributed by atoms with Crippen molar-refractivity contribution in [2.45, 2.75) is 18.9 Å². The molecule has 2 N–H and O–H groups in total. The first-order valence-corrected chi connectivity index (χ1v) is 11.8. The predicted octanol–water partition coefficient (Wildman–Crippen LogP) is 4.73. The van der Waals surface area contributed by atoms with Gasteiger partial charge in [-0.1, -0.05) is 0 Å². The van der Waals surface area contributed by atoms with Crippen molar-refractivity contribution < 1.29 is 26.7 Å². The van der Waals surface area contributed by atoms with Gasteiger partial charge in [0, 0.05) is 36.6 Å². The molecule has 0 radical (unpaired) electrons. The van der Waals surface area contributed by atoms with Crippen LogP contribution in [-0.2, 0) is 0 Å². The van der Waals surface area contributed by atoms with E-state index in [4.69, 9.17) is 10.5 Å². The summed E-state index contributed by atoms with van der Waals surface area (Å²) in [5, 5.41) is 7.09. The number of rotatable bonds is 5. The molecule has 200 valence electrons. The van der Waals surface area contributed by atoms with Gasteiger partial charge in [-0.2, -0.15) is 13.9 Å². The Bertz CT molecular complexity index is 1660. The van der Waals surface area contributed by atoms with Crippen molar-refractivity contribution in [1.82, 2.24) is 29.4 Å². The fourth-order valence-corrected chi connectivity index (χ4v) is 4.71. The number of hydrogen-bond donors (Lipinski definition) is 1. The molecule has 39 heavy (non-hydrogen) atoms. The van der Waals surface area contributed by atoms with Crippen LogP contribution in [0.1, 0.15) is 18.9 Å². The van der Waals surface area contributed by atoms with Crippen LogP contribution in [0, 0.1) is 29.1 Å². The molecular formula is C25H19F5N8O. The minimum atomic E-state index is -1.75. The van der Waals surface area contributed by atoms with Gasteiger partial charge >= 0.3 is 0 Å². The number of imidazole rings is 1. The van der Waals surface area contributed by atoms with Gasteiger partial charge in [-0.15, -0.1) is 0 Å². The number of halogens is 5. The van der Waals surface area contributed by atoms with Gasteiger partial charge in [0.05, 0.1) is 18.0 Å². The largest absolute Gasteiger partial charge is 0.451 e.